The minimum Gasteiger partial charge on any atom is -0.497 e. The summed E-state index contributed by atoms with van der Waals surface area (Å²) in [6.07, 6.45) is 1.63. The normalized spacial score (nSPS) is 11.7. The summed E-state index contributed by atoms with van der Waals surface area (Å²) in [5.74, 6) is 2.24. The third-order valence-corrected chi connectivity index (χ3v) is 5.29. The van der Waals surface area contributed by atoms with E-state index in [9.17, 15) is 4.79 Å². The van der Waals surface area contributed by atoms with Gasteiger partial charge in [0.2, 0.25) is 0 Å². The highest BCUT2D eigenvalue weighted by Crippen LogP contribution is 2.35. The van der Waals surface area contributed by atoms with Crippen LogP contribution >= 0.6 is 0 Å². The number of carbonyl (C=O) groups is 1. The number of methoxy groups -OCH3 is 1. The van der Waals surface area contributed by atoms with Crippen LogP contribution in [0.3, 0.4) is 0 Å². The molecule has 1 aliphatic rings. The second-order valence-electron chi connectivity index (χ2n) is 7.14. The van der Waals surface area contributed by atoms with Crippen LogP contribution in [0.2, 0.25) is 0 Å². The fourth-order valence-corrected chi connectivity index (χ4v) is 3.76. The molecule has 0 amide bonds. The van der Waals surface area contributed by atoms with Crippen LogP contribution in [0.25, 0.3) is 17.1 Å². The Labute approximate surface area is 184 Å². The molecule has 0 saturated heterocycles. The zero-order valence-corrected chi connectivity index (χ0v) is 17.7. The first kappa shape index (κ1) is 19.8. The van der Waals surface area contributed by atoms with Gasteiger partial charge >= 0.3 is 5.97 Å². The molecule has 1 aliphatic heterocycles. The molecule has 0 atom stereocenters. The van der Waals surface area contributed by atoms with E-state index in [2.05, 4.69) is 15.2 Å². The van der Waals surface area contributed by atoms with Gasteiger partial charge in [-0.2, -0.15) is 0 Å². The molecule has 0 unspecified atom stereocenters. The summed E-state index contributed by atoms with van der Waals surface area (Å²) in [4.78, 5) is 16.9. The molecule has 0 saturated carbocycles. The van der Waals surface area contributed by atoms with Gasteiger partial charge in [-0.25, -0.2) is 9.78 Å². The largest absolute Gasteiger partial charge is 0.497 e. The van der Waals surface area contributed by atoms with E-state index in [4.69, 9.17) is 14.2 Å². The van der Waals surface area contributed by atoms with Gasteiger partial charge in [0, 0.05) is 5.56 Å². The maximum absolute atomic E-state index is 12.6. The first-order valence-corrected chi connectivity index (χ1v) is 10.2. The van der Waals surface area contributed by atoms with Crippen LogP contribution in [0.5, 0.6) is 11.5 Å². The van der Waals surface area contributed by atoms with Crippen LogP contribution in [0, 0.1) is 0 Å². The quantitative estimate of drug-likeness (QED) is 0.381. The Kier molecular flexibility index (Phi) is 5.06. The lowest BCUT2D eigenvalue weighted by molar-refractivity contribution is 0.0518. The van der Waals surface area contributed by atoms with E-state index in [-0.39, 0.29) is 18.9 Å². The van der Waals surface area contributed by atoms with E-state index in [1.165, 1.54) is 0 Å². The van der Waals surface area contributed by atoms with Gasteiger partial charge in [0.25, 0.3) is 0 Å². The molecule has 162 valence electrons. The average Bonchev–Trinajstić information content (AvgIpc) is 3.39. The lowest BCUT2D eigenvalue weighted by Crippen LogP contribution is -2.14. The van der Waals surface area contributed by atoms with E-state index in [1.807, 2.05) is 57.7 Å². The average molecular weight is 431 g/mol. The first-order chi connectivity index (χ1) is 15.7. The van der Waals surface area contributed by atoms with Crippen molar-refractivity contribution in [3.8, 4) is 28.6 Å². The summed E-state index contributed by atoms with van der Waals surface area (Å²) >= 11 is 0. The van der Waals surface area contributed by atoms with Crippen molar-refractivity contribution in [3.63, 3.8) is 0 Å². The number of aromatic nitrogens is 5. The number of fused-ring (bicyclic) bond motifs is 5. The Bertz CT molecular complexity index is 1280. The van der Waals surface area contributed by atoms with Crippen molar-refractivity contribution in [2.75, 3.05) is 13.7 Å². The van der Waals surface area contributed by atoms with Crippen molar-refractivity contribution in [2.45, 2.75) is 20.1 Å². The summed E-state index contributed by atoms with van der Waals surface area (Å²) in [5, 5.41) is 8.83. The van der Waals surface area contributed by atoms with E-state index >= 15 is 0 Å². The molecule has 0 N–H and O–H groups in total. The molecule has 0 spiro atoms. The predicted molar refractivity (Wildman–Crippen MR) is 115 cm³/mol. The third kappa shape index (κ3) is 3.37. The molecule has 0 fully saturated rings. The number of benzene rings is 2. The van der Waals surface area contributed by atoms with Gasteiger partial charge in [-0.15, -0.1) is 10.2 Å². The Morgan fingerprint density at radius 3 is 2.72 bits per heavy atom. The summed E-state index contributed by atoms with van der Waals surface area (Å²) < 4.78 is 20.4. The minimum absolute atomic E-state index is 0.221. The van der Waals surface area contributed by atoms with Crippen molar-refractivity contribution in [1.82, 2.24) is 24.3 Å². The number of imidazole rings is 1. The van der Waals surface area contributed by atoms with Crippen LogP contribution in [-0.2, 0) is 17.9 Å². The van der Waals surface area contributed by atoms with Crippen LogP contribution < -0.4 is 9.47 Å². The molecule has 0 bridgehead atoms. The summed E-state index contributed by atoms with van der Waals surface area (Å²) in [6, 6.07) is 15.2. The molecule has 2 aromatic heterocycles. The number of rotatable bonds is 6. The number of esters is 1. The topological polar surface area (TPSA) is 93.3 Å². The number of carbonyl (C=O) groups excluding carboxylic acids is 1. The first-order valence-electron chi connectivity index (χ1n) is 10.2. The summed E-state index contributed by atoms with van der Waals surface area (Å²) in [5.41, 5.74) is 2.60. The Balaban J connectivity index is 1.62. The number of nitrogens with zero attached hydrogens (tertiary/aromatic N) is 5. The number of hydrogen-bond acceptors (Lipinski definition) is 7. The fourth-order valence-electron chi connectivity index (χ4n) is 3.76. The highest BCUT2D eigenvalue weighted by Gasteiger charge is 2.29. The lowest BCUT2D eigenvalue weighted by Gasteiger charge is -2.10. The zero-order chi connectivity index (χ0) is 22.1. The Morgan fingerprint density at radius 2 is 1.94 bits per heavy atom. The van der Waals surface area contributed by atoms with Gasteiger partial charge in [-0.05, 0) is 37.3 Å². The van der Waals surface area contributed by atoms with E-state index in [0.717, 1.165) is 17.0 Å². The summed E-state index contributed by atoms with van der Waals surface area (Å²) in [6.45, 7) is 2.60. The molecule has 32 heavy (non-hydrogen) atoms. The monoisotopic (exact) mass is 431 g/mol. The van der Waals surface area contributed by atoms with Gasteiger partial charge in [0.1, 0.15) is 24.4 Å². The highest BCUT2D eigenvalue weighted by atomic mass is 16.5. The molecule has 5 rings (SSSR count). The SMILES string of the molecule is CCOC(=O)c1ncn2c1Cn1c(COc3ccccc3)nnc1-c1cc(OC)ccc1-2. The maximum Gasteiger partial charge on any atom is 0.358 e. The molecule has 2 aromatic carbocycles. The second-order valence-corrected chi connectivity index (χ2v) is 7.14. The molecule has 9 nitrogen and oxygen atoms in total. The number of hydrogen-bond donors (Lipinski definition) is 0. The summed E-state index contributed by atoms with van der Waals surface area (Å²) in [7, 11) is 1.61. The van der Waals surface area contributed by atoms with Gasteiger partial charge in [0.05, 0.1) is 31.6 Å². The molecular weight excluding hydrogens is 410 g/mol. The second kappa shape index (κ2) is 8.18. The van der Waals surface area contributed by atoms with Crippen molar-refractivity contribution < 1.29 is 19.0 Å². The zero-order valence-electron chi connectivity index (χ0n) is 17.7. The molecule has 0 aliphatic carbocycles. The van der Waals surface area contributed by atoms with Crippen molar-refractivity contribution in [1.29, 1.82) is 0 Å². The number of ether oxygens (including phenoxy) is 3. The van der Waals surface area contributed by atoms with Gasteiger partial charge in [-0.3, -0.25) is 4.57 Å². The predicted octanol–water partition coefficient (Wildman–Crippen LogP) is 3.26. The minimum atomic E-state index is -0.463. The molecule has 0 radical (unpaired) electrons. The highest BCUT2D eigenvalue weighted by molar-refractivity contribution is 5.89. The van der Waals surface area contributed by atoms with Gasteiger partial charge < -0.3 is 18.8 Å². The van der Waals surface area contributed by atoms with Crippen LogP contribution in [0.15, 0.2) is 54.9 Å². The van der Waals surface area contributed by atoms with Crippen molar-refractivity contribution >= 4 is 5.97 Å². The lowest BCUT2D eigenvalue weighted by atomic mass is 10.1. The van der Waals surface area contributed by atoms with Crippen molar-refractivity contribution in [2.24, 2.45) is 0 Å². The fraction of sp³-hybridized carbons (Fsp3) is 0.217. The number of para-hydroxylation sites is 1. The Morgan fingerprint density at radius 1 is 1.09 bits per heavy atom. The molecule has 9 heteroatoms. The molecule has 4 aromatic rings. The smallest absolute Gasteiger partial charge is 0.358 e. The molecule has 3 heterocycles. The maximum atomic E-state index is 12.6. The Hall–Kier alpha value is -4.14. The van der Waals surface area contributed by atoms with Crippen LogP contribution in [-0.4, -0.2) is 44.0 Å². The third-order valence-electron chi connectivity index (χ3n) is 5.29. The van der Waals surface area contributed by atoms with Gasteiger partial charge in [0.15, 0.2) is 17.3 Å². The molecular formula is C23H21N5O4. The van der Waals surface area contributed by atoms with Gasteiger partial charge in [-0.1, -0.05) is 18.2 Å². The van der Waals surface area contributed by atoms with Crippen molar-refractivity contribution in [3.05, 3.63) is 72.1 Å². The van der Waals surface area contributed by atoms with E-state index in [0.29, 0.717) is 29.6 Å². The standard InChI is InChI=1S/C23H21N5O4/c1-3-31-23(29)21-19-12-27-20(13-32-15-7-5-4-6-8-15)25-26-22(27)17-11-16(30-2)9-10-18(17)28(19)14-24-21/h4-11,14H,3,12-13H2,1-2H3. The van der Waals surface area contributed by atoms with Crippen LogP contribution in [0.1, 0.15) is 28.9 Å². The van der Waals surface area contributed by atoms with E-state index < -0.39 is 5.97 Å². The van der Waals surface area contributed by atoms with Crippen LogP contribution in [0.4, 0.5) is 0 Å². The van der Waals surface area contributed by atoms with E-state index in [1.54, 1.807) is 20.4 Å².